The molecule has 0 radical (unpaired) electrons. The summed E-state index contributed by atoms with van der Waals surface area (Å²) in [5.41, 5.74) is 3.85. The monoisotopic (exact) mass is 502 g/mol. The Morgan fingerprint density at radius 3 is 2.00 bits per heavy atom. The molecule has 0 amide bonds. The summed E-state index contributed by atoms with van der Waals surface area (Å²) < 4.78 is 0. The van der Waals surface area contributed by atoms with Crippen LogP contribution in [0.15, 0.2) is 49.3 Å². The van der Waals surface area contributed by atoms with E-state index in [1.807, 2.05) is 12.4 Å². The Kier molecular flexibility index (Phi) is 14.0. The standard InChI is InChI=1S/C35H54N2/c1-4-7-9-10-11-12-13-15-18-30-27-36-35(37-28-30)33-25-23-32(24-26-33)34(16-6-3)31-21-19-29(20-22-31)17-14-8-5-2/h6,23-29,31,34H,3-5,7-22H2,1-2H3/t29-,31-,34?. The van der Waals surface area contributed by atoms with Crippen molar-refractivity contribution < 1.29 is 0 Å². The van der Waals surface area contributed by atoms with Crippen molar-refractivity contribution in [1.29, 1.82) is 0 Å². The van der Waals surface area contributed by atoms with Crippen molar-refractivity contribution in [3.8, 4) is 11.4 Å². The molecule has 0 spiro atoms. The minimum atomic E-state index is 0.595. The van der Waals surface area contributed by atoms with Crippen molar-refractivity contribution in [2.24, 2.45) is 11.8 Å². The lowest BCUT2D eigenvalue weighted by molar-refractivity contribution is 0.230. The minimum absolute atomic E-state index is 0.595. The average Bonchev–Trinajstić information content (AvgIpc) is 2.94. The van der Waals surface area contributed by atoms with Gasteiger partial charge in [0.25, 0.3) is 0 Å². The van der Waals surface area contributed by atoms with Gasteiger partial charge in [0.05, 0.1) is 0 Å². The van der Waals surface area contributed by atoms with E-state index in [9.17, 15) is 0 Å². The Morgan fingerprint density at radius 1 is 0.784 bits per heavy atom. The van der Waals surface area contributed by atoms with Crippen LogP contribution in [0.2, 0.25) is 0 Å². The van der Waals surface area contributed by atoms with Gasteiger partial charge in [-0.3, -0.25) is 0 Å². The molecule has 1 aromatic heterocycles. The van der Waals surface area contributed by atoms with E-state index in [0.717, 1.165) is 36.1 Å². The first-order valence-electron chi connectivity index (χ1n) is 15.8. The third kappa shape index (κ3) is 10.4. The molecule has 1 aliphatic carbocycles. The van der Waals surface area contributed by atoms with Gasteiger partial charge in [0, 0.05) is 18.0 Å². The molecule has 2 nitrogen and oxygen atoms in total. The normalized spacial score (nSPS) is 18.5. The Labute approximate surface area is 228 Å². The smallest absolute Gasteiger partial charge is 0.159 e. The van der Waals surface area contributed by atoms with Crippen LogP contribution < -0.4 is 0 Å². The van der Waals surface area contributed by atoms with Crippen LogP contribution >= 0.6 is 0 Å². The van der Waals surface area contributed by atoms with Crippen LogP contribution in [0.1, 0.15) is 140 Å². The lowest BCUT2D eigenvalue weighted by Gasteiger charge is -2.34. The van der Waals surface area contributed by atoms with Gasteiger partial charge in [-0.1, -0.05) is 128 Å². The topological polar surface area (TPSA) is 25.8 Å². The summed E-state index contributed by atoms with van der Waals surface area (Å²) in [5.74, 6) is 3.19. The van der Waals surface area contributed by atoms with Gasteiger partial charge < -0.3 is 0 Å². The maximum absolute atomic E-state index is 4.71. The first kappa shape index (κ1) is 29.6. The van der Waals surface area contributed by atoms with Gasteiger partial charge in [-0.05, 0) is 61.0 Å². The molecule has 2 heteroatoms. The summed E-state index contributed by atoms with van der Waals surface area (Å²) in [6, 6.07) is 9.12. The number of aryl methyl sites for hydroxylation is 1. The maximum atomic E-state index is 4.71. The second kappa shape index (κ2) is 17.5. The lowest BCUT2D eigenvalue weighted by atomic mass is 9.71. The molecule has 204 valence electrons. The summed E-state index contributed by atoms with van der Waals surface area (Å²) in [6.45, 7) is 8.67. The zero-order chi connectivity index (χ0) is 26.1. The molecule has 1 aromatic carbocycles. The van der Waals surface area contributed by atoms with Crippen LogP contribution in [0.5, 0.6) is 0 Å². The van der Waals surface area contributed by atoms with Gasteiger partial charge in [0.2, 0.25) is 0 Å². The molecule has 1 unspecified atom stereocenters. The van der Waals surface area contributed by atoms with Crippen LogP contribution in [0.3, 0.4) is 0 Å². The average molecular weight is 503 g/mol. The fraction of sp³-hybridized carbons (Fsp3) is 0.657. The van der Waals surface area contributed by atoms with Gasteiger partial charge in [-0.25, -0.2) is 9.97 Å². The molecular weight excluding hydrogens is 448 g/mol. The molecule has 0 saturated heterocycles. The van der Waals surface area contributed by atoms with Crippen LogP contribution in [-0.4, -0.2) is 9.97 Å². The van der Waals surface area contributed by atoms with E-state index in [-0.39, 0.29) is 0 Å². The SMILES string of the molecule is C=CCC(c1ccc(-c2ncc(CCCCCCCCCC)cn2)cc1)[C@H]1CC[C@H](CCCCC)CC1. The molecule has 1 atom stereocenters. The molecule has 0 bridgehead atoms. The van der Waals surface area contributed by atoms with Crippen LogP contribution in [0.4, 0.5) is 0 Å². The Hall–Kier alpha value is -1.96. The van der Waals surface area contributed by atoms with E-state index in [1.54, 1.807) is 0 Å². The summed E-state index contributed by atoms with van der Waals surface area (Å²) in [7, 11) is 0. The molecule has 3 rings (SSSR count). The molecule has 2 aromatic rings. The summed E-state index contributed by atoms with van der Waals surface area (Å²) in [5, 5.41) is 0. The number of hydrogen-bond donors (Lipinski definition) is 0. The molecular formula is C35H54N2. The fourth-order valence-corrected chi connectivity index (χ4v) is 6.32. The summed E-state index contributed by atoms with van der Waals surface area (Å²) in [6.07, 6.45) is 30.4. The molecule has 37 heavy (non-hydrogen) atoms. The molecule has 1 saturated carbocycles. The molecule has 0 N–H and O–H groups in total. The number of hydrogen-bond acceptors (Lipinski definition) is 2. The molecule has 1 fully saturated rings. The third-order valence-electron chi connectivity index (χ3n) is 8.72. The summed E-state index contributed by atoms with van der Waals surface area (Å²) in [4.78, 5) is 9.42. The van der Waals surface area contributed by atoms with Gasteiger partial charge in [0.15, 0.2) is 5.82 Å². The van der Waals surface area contributed by atoms with E-state index < -0.39 is 0 Å². The Morgan fingerprint density at radius 2 is 1.38 bits per heavy atom. The lowest BCUT2D eigenvalue weighted by Crippen LogP contribution is -2.20. The van der Waals surface area contributed by atoms with Crippen LogP contribution in [-0.2, 0) is 6.42 Å². The quantitative estimate of drug-likeness (QED) is 0.150. The largest absolute Gasteiger partial charge is 0.236 e. The Balaban J connectivity index is 1.47. The van der Waals surface area contributed by atoms with Crippen molar-refractivity contribution in [3.63, 3.8) is 0 Å². The highest BCUT2D eigenvalue weighted by Gasteiger charge is 2.27. The van der Waals surface area contributed by atoms with E-state index >= 15 is 0 Å². The molecule has 1 heterocycles. The van der Waals surface area contributed by atoms with E-state index in [2.05, 4.69) is 50.8 Å². The minimum Gasteiger partial charge on any atom is -0.236 e. The van der Waals surface area contributed by atoms with Crippen molar-refractivity contribution in [2.75, 3.05) is 0 Å². The third-order valence-corrected chi connectivity index (χ3v) is 8.72. The van der Waals surface area contributed by atoms with Gasteiger partial charge in [-0.2, -0.15) is 0 Å². The van der Waals surface area contributed by atoms with Gasteiger partial charge in [-0.15, -0.1) is 6.58 Å². The second-order valence-corrected chi connectivity index (χ2v) is 11.7. The predicted molar refractivity (Wildman–Crippen MR) is 161 cm³/mol. The van der Waals surface area contributed by atoms with Crippen LogP contribution in [0, 0.1) is 11.8 Å². The first-order chi connectivity index (χ1) is 18.2. The summed E-state index contributed by atoms with van der Waals surface area (Å²) >= 11 is 0. The van der Waals surface area contributed by atoms with E-state index in [0.29, 0.717) is 5.92 Å². The molecule has 1 aliphatic rings. The number of aromatic nitrogens is 2. The first-order valence-corrected chi connectivity index (χ1v) is 15.8. The van der Waals surface area contributed by atoms with Crippen molar-refractivity contribution in [3.05, 3.63) is 60.4 Å². The zero-order valence-corrected chi connectivity index (χ0v) is 24.1. The highest BCUT2D eigenvalue weighted by molar-refractivity contribution is 5.55. The van der Waals surface area contributed by atoms with Gasteiger partial charge >= 0.3 is 0 Å². The highest BCUT2D eigenvalue weighted by Crippen LogP contribution is 2.41. The van der Waals surface area contributed by atoms with Crippen molar-refractivity contribution in [2.45, 2.75) is 135 Å². The Bertz CT molecular complexity index is 846. The fourth-order valence-electron chi connectivity index (χ4n) is 6.32. The predicted octanol–water partition coefficient (Wildman–Crippen LogP) is 10.9. The number of benzene rings is 1. The highest BCUT2D eigenvalue weighted by atomic mass is 14.9. The number of unbranched alkanes of at least 4 members (excludes halogenated alkanes) is 9. The van der Waals surface area contributed by atoms with Crippen molar-refractivity contribution >= 4 is 0 Å². The van der Waals surface area contributed by atoms with E-state index in [4.69, 9.17) is 9.97 Å². The number of rotatable bonds is 18. The maximum Gasteiger partial charge on any atom is 0.159 e. The van der Waals surface area contributed by atoms with Crippen molar-refractivity contribution in [1.82, 2.24) is 9.97 Å². The number of allylic oxidation sites excluding steroid dienone is 1. The van der Waals surface area contributed by atoms with E-state index in [1.165, 1.54) is 114 Å². The number of nitrogens with zero attached hydrogens (tertiary/aromatic N) is 2. The molecule has 0 aliphatic heterocycles. The van der Waals surface area contributed by atoms with Gasteiger partial charge in [0.1, 0.15) is 0 Å². The zero-order valence-electron chi connectivity index (χ0n) is 24.1. The second-order valence-electron chi connectivity index (χ2n) is 11.7. The van der Waals surface area contributed by atoms with Crippen LogP contribution in [0.25, 0.3) is 11.4 Å².